The fourth-order valence-electron chi connectivity index (χ4n) is 4.41. The summed E-state index contributed by atoms with van der Waals surface area (Å²) in [7, 11) is 0. The standard InChI is InChI=1S/C19H25BrN2/c20-19-5-2-15(3-6-19)13-21-7-9-22(10-8-21)14-18-12-16-1-4-17(18)11-16/h1-6,16-18H,7-14H2/t16-,17+,18-/m0/s1. The fourth-order valence-corrected chi connectivity index (χ4v) is 4.68. The molecule has 1 heterocycles. The average Bonchev–Trinajstić information content (AvgIpc) is 3.14. The maximum absolute atomic E-state index is 3.51. The van der Waals surface area contributed by atoms with Gasteiger partial charge < -0.3 is 4.90 Å². The number of fused-ring (bicyclic) bond motifs is 2. The molecule has 1 saturated carbocycles. The summed E-state index contributed by atoms with van der Waals surface area (Å²) in [5, 5.41) is 0. The maximum Gasteiger partial charge on any atom is 0.0234 e. The van der Waals surface area contributed by atoms with E-state index in [4.69, 9.17) is 0 Å². The second kappa shape index (κ2) is 6.46. The molecular formula is C19H25BrN2. The van der Waals surface area contributed by atoms with Gasteiger partial charge in [-0.1, -0.05) is 40.2 Å². The van der Waals surface area contributed by atoms with Crippen molar-refractivity contribution in [1.29, 1.82) is 0 Å². The molecule has 0 radical (unpaired) electrons. The SMILES string of the molecule is Brc1ccc(CN2CCN(C[C@@H]3C[C@H]4C=C[C@@H]3C4)CC2)cc1. The molecule has 3 heteroatoms. The van der Waals surface area contributed by atoms with Gasteiger partial charge in [0.25, 0.3) is 0 Å². The van der Waals surface area contributed by atoms with Crippen LogP contribution in [0.25, 0.3) is 0 Å². The topological polar surface area (TPSA) is 6.48 Å². The van der Waals surface area contributed by atoms with Crippen LogP contribution in [-0.4, -0.2) is 42.5 Å². The minimum atomic E-state index is 0.894. The lowest BCUT2D eigenvalue weighted by Crippen LogP contribution is -2.47. The van der Waals surface area contributed by atoms with Gasteiger partial charge in [-0.2, -0.15) is 0 Å². The number of rotatable bonds is 4. The second-order valence-electron chi connectivity index (χ2n) is 7.24. The molecule has 22 heavy (non-hydrogen) atoms. The predicted octanol–water partition coefficient (Wildman–Crippen LogP) is 3.78. The van der Waals surface area contributed by atoms with Gasteiger partial charge in [0.05, 0.1) is 0 Å². The minimum absolute atomic E-state index is 0.894. The van der Waals surface area contributed by atoms with E-state index in [9.17, 15) is 0 Å². The maximum atomic E-state index is 3.51. The zero-order valence-corrected chi connectivity index (χ0v) is 14.7. The molecule has 0 aromatic heterocycles. The van der Waals surface area contributed by atoms with Gasteiger partial charge in [0.2, 0.25) is 0 Å². The molecule has 0 unspecified atom stereocenters. The first kappa shape index (κ1) is 14.9. The van der Waals surface area contributed by atoms with Gasteiger partial charge in [-0.15, -0.1) is 0 Å². The second-order valence-corrected chi connectivity index (χ2v) is 8.16. The first-order valence-corrected chi connectivity index (χ1v) is 9.43. The molecule has 4 rings (SSSR count). The van der Waals surface area contributed by atoms with Crippen molar-refractivity contribution >= 4 is 15.9 Å². The Morgan fingerprint density at radius 2 is 1.64 bits per heavy atom. The van der Waals surface area contributed by atoms with Gasteiger partial charge in [-0.3, -0.25) is 4.90 Å². The molecule has 2 nitrogen and oxygen atoms in total. The van der Waals surface area contributed by atoms with E-state index < -0.39 is 0 Å². The van der Waals surface area contributed by atoms with Crippen molar-refractivity contribution < 1.29 is 0 Å². The molecule has 1 aliphatic heterocycles. The van der Waals surface area contributed by atoms with Crippen LogP contribution in [0.15, 0.2) is 40.9 Å². The predicted molar refractivity (Wildman–Crippen MR) is 94.7 cm³/mol. The summed E-state index contributed by atoms with van der Waals surface area (Å²) in [5.74, 6) is 2.74. The molecule has 118 valence electrons. The lowest BCUT2D eigenvalue weighted by atomic mass is 9.93. The van der Waals surface area contributed by atoms with Gasteiger partial charge in [0, 0.05) is 43.7 Å². The van der Waals surface area contributed by atoms with Crippen LogP contribution in [0.4, 0.5) is 0 Å². The number of halogens is 1. The summed E-state index contributed by atoms with van der Waals surface area (Å²) < 4.78 is 1.17. The first-order valence-electron chi connectivity index (χ1n) is 8.64. The van der Waals surface area contributed by atoms with Crippen molar-refractivity contribution in [2.45, 2.75) is 19.4 Å². The molecule has 0 amide bonds. The molecule has 2 aliphatic carbocycles. The van der Waals surface area contributed by atoms with Crippen LogP contribution in [0.5, 0.6) is 0 Å². The average molecular weight is 361 g/mol. The Labute approximate surface area is 142 Å². The van der Waals surface area contributed by atoms with Crippen LogP contribution in [-0.2, 0) is 6.54 Å². The van der Waals surface area contributed by atoms with Crippen LogP contribution < -0.4 is 0 Å². The van der Waals surface area contributed by atoms with E-state index in [-0.39, 0.29) is 0 Å². The summed E-state index contributed by atoms with van der Waals surface area (Å²) in [4.78, 5) is 5.30. The number of nitrogens with zero attached hydrogens (tertiary/aromatic N) is 2. The molecule has 2 bridgehead atoms. The molecule has 0 spiro atoms. The summed E-state index contributed by atoms with van der Waals surface area (Å²) >= 11 is 3.51. The van der Waals surface area contributed by atoms with E-state index in [0.29, 0.717) is 0 Å². The molecular weight excluding hydrogens is 336 g/mol. The first-order chi connectivity index (χ1) is 10.8. The summed E-state index contributed by atoms with van der Waals surface area (Å²) in [6.07, 6.45) is 7.83. The van der Waals surface area contributed by atoms with Crippen LogP contribution in [0.2, 0.25) is 0 Å². The Morgan fingerprint density at radius 3 is 2.27 bits per heavy atom. The van der Waals surface area contributed by atoms with Crippen molar-refractivity contribution in [2.24, 2.45) is 17.8 Å². The van der Waals surface area contributed by atoms with E-state index in [0.717, 1.165) is 24.3 Å². The number of hydrogen-bond donors (Lipinski definition) is 0. The van der Waals surface area contributed by atoms with Gasteiger partial charge in [-0.25, -0.2) is 0 Å². The van der Waals surface area contributed by atoms with Gasteiger partial charge in [-0.05, 0) is 48.3 Å². The largest absolute Gasteiger partial charge is 0.300 e. The third-order valence-corrected chi connectivity index (χ3v) is 6.22. The van der Waals surface area contributed by atoms with Crippen molar-refractivity contribution in [3.63, 3.8) is 0 Å². The molecule has 1 saturated heterocycles. The van der Waals surface area contributed by atoms with Crippen LogP contribution in [0, 0.1) is 17.8 Å². The Kier molecular flexibility index (Phi) is 4.38. The van der Waals surface area contributed by atoms with E-state index in [1.807, 2.05) is 0 Å². The fraction of sp³-hybridized carbons (Fsp3) is 0.579. The van der Waals surface area contributed by atoms with Gasteiger partial charge in [0.1, 0.15) is 0 Å². The Hall–Kier alpha value is -0.640. The van der Waals surface area contributed by atoms with E-state index in [1.54, 1.807) is 0 Å². The minimum Gasteiger partial charge on any atom is -0.300 e. The highest BCUT2D eigenvalue weighted by molar-refractivity contribution is 9.10. The van der Waals surface area contributed by atoms with Gasteiger partial charge in [0.15, 0.2) is 0 Å². The Bertz CT molecular complexity index is 531. The monoisotopic (exact) mass is 360 g/mol. The smallest absolute Gasteiger partial charge is 0.0234 e. The van der Waals surface area contributed by atoms with Gasteiger partial charge >= 0.3 is 0 Å². The molecule has 3 atom stereocenters. The van der Waals surface area contributed by atoms with Crippen LogP contribution in [0.1, 0.15) is 18.4 Å². The van der Waals surface area contributed by atoms with E-state index in [2.05, 4.69) is 62.1 Å². The Morgan fingerprint density at radius 1 is 0.909 bits per heavy atom. The van der Waals surface area contributed by atoms with Crippen LogP contribution in [0.3, 0.4) is 0 Å². The third-order valence-electron chi connectivity index (χ3n) is 5.69. The van der Waals surface area contributed by atoms with Crippen molar-refractivity contribution in [2.75, 3.05) is 32.7 Å². The normalized spacial score (nSPS) is 32.0. The Balaban J connectivity index is 1.24. The zero-order valence-electron chi connectivity index (χ0n) is 13.1. The highest BCUT2D eigenvalue weighted by atomic mass is 79.9. The lowest BCUT2D eigenvalue weighted by Gasteiger charge is -2.37. The lowest BCUT2D eigenvalue weighted by molar-refractivity contribution is 0.108. The number of hydrogen-bond acceptors (Lipinski definition) is 2. The number of allylic oxidation sites excluding steroid dienone is 2. The zero-order chi connectivity index (χ0) is 14.9. The summed E-state index contributed by atoms with van der Waals surface area (Å²) in [6.45, 7) is 7.34. The summed E-state index contributed by atoms with van der Waals surface area (Å²) in [6, 6.07) is 8.76. The third kappa shape index (κ3) is 3.32. The molecule has 3 aliphatic rings. The van der Waals surface area contributed by atoms with Crippen molar-refractivity contribution in [3.05, 3.63) is 46.5 Å². The highest BCUT2D eigenvalue weighted by Gasteiger charge is 2.36. The molecule has 1 aromatic rings. The van der Waals surface area contributed by atoms with E-state index in [1.165, 1.54) is 55.6 Å². The van der Waals surface area contributed by atoms with Crippen molar-refractivity contribution in [1.82, 2.24) is 9.80 Å². The number of benzene rings is 1. The van der Waals surface area contributed by atoms with Crippen molar-refractivity contribution in [3.8, 4) is 0 Å². The molecule has 2 fully saturated rings. The van der Waals surface area contributed by atoms with E-state index >= 15 is 0 Å². The summed E-state index contributed by atoms with van der Waals surface area (Å²) in [5.41, 5.74) is 1.43. The van der Waals surface area contributed by atoms with Crippen LogP contribution >= 0.6 is 15.9 Å². The number of piperazine rings is 1. The quantitative estimate of drug-likeness (QED) is 0.753. The highest BCUT2D eigenvalue weighted by Crippen LogP contribution is 2.43. The molecule has 0 N–H and O–H groups in total. The molecule has 1 aromatic carbocycles.